The van der Waals surface area contributed by atoms with Gasteiger partial charge in [0.1, 0.15) is 12.2 Å². The molecule has 0 bridgehead atoms. The molecule has 0 unspecified atom stereocenters. The zero-order valence-corrected chi connectivity index (χ0v) is 10.9. The van der Waals surface area contributed by atoms with Crippen LogP contribution in [-0.2, 0) is 13.1 Å². The molecule has 0 amide bonds. The van der Waals surface area contributed by atoms with Gasteiger partial charge in [-0.2, -0.15) is 0 Å². The second kappa shape index (κ2) is 5.10. The smallest absolute Gasteiger partial charge is 0.113 e. The number of aryl methyl sites for hydroxylation is 1. The van der Waals surface area contributed by atoms with E-state index in [-0.39, 0.29) is 0 Å². The highest BCUT2D eigenvalue weighted by atomic mass is 15.4. The maximum Gasteiger partial charge on any atom is 0.113 e. The minimum absolute atomic E-state index is 0.619. The second-order valence-corrected chi connectivity index (χ2v) is 4.47. The highest BCUT2D eigenvalue weighted by Crippen LogP contribution is 2.13. The highest BCUT2D eigenvalue weighted by Gasteiger charge is 2.02. The van der Waals surface area contributed by atoms with Gasteiger partial charge >= 0.3 is 0 Å². The van der Waals surface area contributed by atoms with E-state index in [0.717, 1.165) is 23.1 Å². The average molecular weight is 252 g/mol. The Morgan fingerprint density at radius 2 is 2.00 bits per heavy atom. The fourth-order valence-corrected chi connectivity index (χ4v) is 2.10. The van der Waals surface area contributed by atoms with Crippen molar-refractivity contribution >= 4 is 16.7 Å². The Labute approximate surface area is 112 Å². The van der Waals surface area contributed by atoms with Crippen LogP contribution in [0.5, 0.6) is 0 Å². The monoisotopic (exact) mass is 252 g/mol. The van der Waals surface area contributed by atoms with Crippen molar-refractivity contribution in [3.05, 3.63) is 54.1 Å². The molecule has 0 saturated heterocycles. The van der Waals surface area contributed by atoms with Gasteiger partial charge in [0, 0.05) is 5.69 Å². The Bertz CT molecular complexity index is 687. The molecule has 1 heterocycles. The molecular formula is C15H16N4. The number of nitrogens with one attached hydrogen (secondary N) is 1. The number of aromatic nitrogens is 3. The summed E-state index contributed by atoms with van der Waals surface area (Å²) in [6.45, 7) is 2.78. The van der Waals surface area contributed by atoms with Gasteiger partial charge in [-0.3, -0.25) is 0 Å². The third-order valence-corrected chi connectivity index (χ3v) is 3.19. The summed E-state index contributed by atoms with van der Waals surface area (Å²) in [7, 11) is 0. The summed E-state index contributed by atoms with van der Waals surface area (Å²) in [5.74, 6) is 0. The molecule has 1 N–H and O–H groups in total. The number of hydrogen-bond acceptors (Lipinski definition) is 3. The van der Waals surface area contributed by atoms with Gasteiger partial charge in [-0.1, -0.05) is 36.4 Å². The number of rotatable bonds is 4. The minimum Gasteiger partial charge on any atom is -0.366 e. The normalized spacial score (nSPS) is 10.8. The molecule has 3 aromatic rings. The number of para-hydroxylation sites is 1. The van der Waals surface area contributed by atoms with Gasteiger partial charge in [-0.05, 0) is 36.2 Å². The third-order valence-electron chi connectivity index (χ3n) is 3.19. The topological polar surface area (TPSA) is 42.7 Å². The van der Waals surface area contributed by atoms with Gasteiger partial charge < -0.3 is 5.32 Å². The van der Waals surface area contributed by atoms with Crippen LogP contribution in [-0.4, -0.2) is 15.0 Å². The summed E-state index contributed by atoms with van der Waals surface area (Å²) in [5, 5.41) is 11.7. The van der Waals surface area contributed by atoms with E-state index in [9.17, 15) is 0 Å². The Morgan fingerprint density at radius 1 is 1.11 bits per heavy atom. The Hall–Kier alpha value is -2.36. The summed E-state index contributed by atoms with van der Waals surface area (Å²) < 4.78 is 1.87. The Kier molecular flexibility index (Phi) is 3.14. The van der Waals surface area contributed by atoms with Crippen LogP contribution < -0.4 is 5.32 Å². The molecule has 19 heavy (non-hydrogen) atoms. The number of nitrogens with zero attached hydrogens (tertiary/aromatic N) is 3. The summed E-state index contributed by atoms with van der Waals surface area (Å²) in [6.07, 6.45) is 1.04. The van der Waals surface area contributed by atoms with Crippen LogP contribution in [0.1, 0.15) is 12.5 Å². The largest absolute Gasteiger partial charge is 0.366 e. The lowest BCUT2D eigenvalue weighted by atomic mass is 10.1. The molecule has 0 atom stereocenters. The highest BCUT2D eigenvalue weighted by molar-refractivity contribution is 5.73. The van der Waals surface area contributed by atoms with Gasteiger partial charge in [0.05, 0.1) is 5.52 Å². The first-order chi connectivity index (χ1) is 9.36. The number of benzene rings is 2. The van der Waals surface area contributed by atoms with Crippen LogP contribution in [0.4, 0.5) is 5.69 Å². The summed E-state index contributed by atoms with van der Waals surface area (Å²) >= 11 is 0. The first kappa shape index (κ1) is 11.7. The molecule has 4 heteroatoms. The first-order valence-electron chi connectivity index (χ1n) is 6.48. The van der Waals surface area contributed by atoms with Crippen molar-refractivity contribution in [1.82, 2.24) is 15.0 Å². The average Bonchev–Trinajstić information content (AvgIpc) is 2.89. The van der Waals surface area contributed by atoms with Crippen molar-refractivity contribution in [2.75, 3.05) is 5.32 Å². The van der Waals surface area contributed by atoms with Gasteiger partial charge in [0.15, 0.2) is 0 Å². The van der Waals surface area contributed by atoms with E-state index >= 15 is 0 Å². The maximum atomic E-state index is 4.16. The molecule has 2 aromatic carbocycles. The molecule has 0 radical (unpaired) electrons. The molecule has 0 aliphatic rings. The molecule has 0 saturated carbocycles. The van der Waals surface area contributed by atoms with Crippen molar-refractivity contribution in [2.24, 2.45) is 0 Å². The maximum absolute atomic E-state index is 4.16. The van der Waals surface area contributed by atoms with Crippen LogP contribution in [0.25, 0.3) is 11.0 Å². The van der Waals surface area contributed by atoms with Crippen molar-refractivity contribution in [2.45, 2.75) is 20.0 Å². The van der Waals surface area contributed by atoms with Crippen molar-refractivity contribution in [1.29, 1.82) is 0 Å². The van der Waals surface area contributed by atoms with Gasteiger partial charge in [0.2, 0.25) is 0 Å². The molecule has 96 valence electrons. The van der Waals surface area contributed by atoms with Crippen molar-refractivity contribution in [3.63, 3.8) is 0 Å². The standard InChI is InChI=1S/C15H16N4/c1-2-12-6-5-7-13(10-12)16-11-19-15-9-4-3-8-14(15)17-18-19/h3-10,16H,2,11H2,1H3. The first-order valence-corrected chi connectivity index (χ1v) is 6.48. The summed E-state index contributed by atoms with van der Waals surface area (Å²) in [4.78, 5) is 0. The van der Waals surface area contributed by atoms with E-state index in [4.69, 9.17) is 0 Å². The predicted octanol–water partition coefficient (Wildman–Crippen LogP) is 3.06. The van der Waals surface area contributed by atoms with Crippen LogP contribution in [0.15, 0.2) is 48.5 Å². The zero-order valence-electron chi connectivity index (χ0n) is 10.9. The molecule has 4 nitrogen and oxygen atoms in total. The van der Waals surface area contributed by atoms with Crippen LogP contribution in [0.3, 0.4) is 0 Å². The number of anilines is 1. The zero-order chi connectivity index (χ0) is 13.1. The van der Waals surface area contributed by atoms with Crippen LogP contribution in [0.2, 0.25) is 0 Å². The van der Waals surface area contributed by atoms with E-state index in [0.29, 0.717) is 6.67 Å². The van der Waals surface area contributed by atoms with Crippen molar-refractivity contribution < 1.29 is 0 Å². The quantitative estimate of drug-likeness (QED) is 0.776. The lowest BCUT2D eigenvalue weighted by Gasteiger charge is -2.08. The number of fused-ring (bicyclic) bond motifs is 1. The molecule has 0 aliphatic heterocycles. The van der Waals surface area contributed by atoms with Gasteiger partial charge in [-0.25, -0.2) is 4.68 Å². The summed E-state index contributed by atoms with van der Waals surface area (Å²) in [6, 6.07) is 16.4. The molecule has 0 spiro atoms. The van der Waals surface area contributed by atoms with Gasteiger partial charge in [-0.15, -0.1) is 5.10 Å². The fourth-order valence-electron chi connectivity index (χ4n) is 2.10. The molecule has 0 fully saturated rings. The molecular weight excluding hydrogens is 236 g/mol. The predicted molar refractivity (Wildman–Crippen MR) is 77.0 cm³/mol. The van der Waals surface area contributed by atoms with Crippen LogP contribution >= 0.6 is 0 Å². The second-order valence-electron chi connectivity index (χ2n) is 4.47. The summed E-state index contributed by atoms with van der Waals surface area (Å²) in [5.41, 5.74) is 4.40. The number of hydrogen-bond donors (Lipinski definition) is 1. The van der Waals surface area contributed by atoms with E-state index in [1.54, 1.807) is 0 Å². The third kappa shape index (κ3) is 2.42. The van der Waals surface area contributed by atoms with Gasteiger partial charge in [0.25, 0.3) is 0 Å². The van der Waals surface area contributed by atoms with E-state index in [2.05, 4.69) is 46.8 Å². The lowest BCUT2D eigenvalue weighted by Crippen LogP contribution is -2.09. The van der Waals surface area contributed by atoms with E-state index in [1.807, 2.05) is 28.9 Å². The molecule has 3 rings (SSSR count). The molecule has 0 aliphatic carbocycles. The minimum atomic E-state index is 0.619. The van der Waals surface area contributed by atoms with Crippen LogP contribution in [0, 0.1) is 0 Å². The van der Waals surface area contributed by atoms with Crippen molar-refractivity contribution in [3.8, 4) is 0 Å². The SMILES string of the molecule is CCc1cccc(NCn2nnc3ccccc32)c1. The van der Waals surface area contributed by atoms with E-state index < -0.39 is 0 Å². The Morgan fingerprint density at radius 3 is 2.89 bits per heavy atom. The Balaban J connectivity index is 1.78. The molecule has 1 aromatic heterocycles. The fraction of sp³-hybridized carbons (Fsp3) is 0.200. The lowest BCUT2D eigenvalue weighted by molar-refractivity contribution is 0.655. The van der Waals surface area contributed by atoms with E-state index in [1.165, 1.54) is 5.56 Å².